The summed E-state index contributed by atoms with van der Waals surface area (Å²) in [5, 5.41) is 15.1. The minimum atomic E-state index is -1.42. The highest BCUT2D eigenvalue weighted by atomic mass is 16.6. The Morgan fingerprint density at radius 1 is 0.872 bits per heavy atom. The molecule has 2 aromatic carbocycles. The summed E-state index contributed by atoms with van der Waals surface area (Å²) in [5.41, 5.74) is 6.31. The maximum atomic E-state index is 14.3. The number of carbonyl (C=O) groups is 5. The van der Waals surface area contributed by atoms with Gasteiger partial charge in [0.25, 0.3) is 0 Å². The molecule has 0 fully saturated rings. The van der Waals surface area contributed by atoms with Crippen LogP contribution in [-0.4, -0.2) is 64.5 Å². The van der Waals surface area contributed by atoms with Crippen LogP contribution in [0.25, 0.3) is 0 Å². The van der Waals surface area contributed by atoms with Crippen molar-refractivity contribution in [2.75, 3.05) is 6.54 Å². The lowest BCUT2D eigenvalue weighted by Crippen LogP contribution is -2.55. The smallest absolute Gasteiger partial charge is 0.408 e. The van der Waals surface area contributed by atoms with E-state index in [0.29, 0.717) is 5.56 Å². The van der Waals surface area contributed by atoms with Crippen molar-refractivity contribution in [3.8, 4) is 6.07 Å². The third-order valence-electron chi connectivity index (χ3n) is 6.60. The number of nitrogens with two attached hydrogens (primary N) is 1. The number of nitriles is 1. The van der Waals surface area contributed by atoms with Gasteiger partial charge in [-0.25, -0.2) is 9.59 Å². The number of ether oxygens (including phenoxy) is 2. The first kappa shape index (κ1) is 38.3. The molecule has 3 atom stereocenters. The van der Waals surface area contributed by atoms with Crippen LogP contribution in [0.3, 0.4) is 0 Å². The predicted octanol–water partition coefficient (Wildman–Crippen LogP) is 3.92. The number of carbonyl (C=O) groups excluding carboxylic acids is 5. The number of primary amides is 1. The van der Waals surface area contributed by atoms with Crippen molar-refractivity contribution in [3.63, 3.8) is 0 Å². The average Bonchev–Trinajstić information content (AvgIpc) is 2.92. The van der Waals surface area contributed by atoms with Crippen molar-refractivity contribution < 1.29 is 33.4 Å². The Morgan fingerprint density at radius 2 is 1.45 bits per heavy atom. The Kier molecular flexibility index (Phi) is 13.5. The summed E-state index contributed by atoms with van der Waals surface area (Å²) < 4.78 is 11.0. The lowest BCUT2D eigenvalue weighted by molar-refractivity contribution is -0.159. The first-order chi connectivity index (χ1) is 21.8. The molecular formula is C35H47N5O7. The summed E-state index contributed by atoms with van der Waals surface area (Å²) in [4.78, 5) is 67.4. The van der Waals surface area contributed by atoms with Gasteiger partial charge in [-0.15, -0.1) is 0 Å². The number of nitrogens with one attached hydrogen (secondary N) is 2. The van der Waals surface area contributed by atoms with Crippen molar-refractivity contribution in [1.29, 1.82) is 5.26 Å². The van der Waals surface area contributed by atoms with E-state index < -0.39 is 65.7 Å². The van der Waals surface area contributed by atoms with Gasteiger partial charge in [-0.05, 0) is 72.9 Å². The van der Waals surface area contributed by atoms with Crippen molar-refractivity contribution in [3.05, 3.63) is 70.8 Å². The number of amides is 4. The highest BCUT2D eigenvalue weighted by Crippen LogP contribution is 2.26. The zero-order valence-corrected chi connectivity index (χ0v) is 28.5. The lowest BCUT2D eigenvalue weighted by Gasteiger charge is -2.34. The normalized spacial score (nSPS) is 13.3. The second kappa shape index (κ2) is 16.6. The van der Waals surface area contributed by atoms with E-state index in [9.17, 15) is 29.2 Å². The molecule has 12 heteroatoms. The van der Waals surface area contributed by atoms with Gasteiger partial charge >= 0.3 is 12.1 Å². The van der Waals surface area contributed by atoms with Crippen LogP contribution in [0.5, 0.6) is 0 Å². The summed E-state index contributed by atoms with van der Waals surface area (Å²) in [6, 6.07) is 12.3. The van der Waals surface area contributed by atoms with Gasteiger partial charge in [0.2, 0.25) is 17.7 Å². The molecule has 0 spiro atoms. The van der Waals surface area contributed by atoms with Crippen molar-refractivity contribution in [1.82, 2.24) is 15.5 Å². The fraction of sp³-hybridized carbons (Fsp3) is 0.486. The van der Waals surface area contributed by atoms with Gasteiger partial charge in [0.1, 0.15) is 35.9 Å². The maximum absolute atomic E-state index is 14.3. The van der Waals surface area contributed by atoms with Gasteiger partial charge in [-0.2, -0.15) is 5.26 Å². The van der Waals surface area contributed by atoms with Crippen LogP contribution in [0.15, 0.2) is 48.5 Å². The molecule has 0 aliphatic rings. The Labute approximate surface area is 277 Å². The van der Waals surface area contributed by atoms with Gasteiger partial charge < -0.3 is 30.7 Å². The largest absolute Gasteiger partial charge is 0.458 e. The fourth-order valence-electron chi connectivity index (χ4n) is 4.87. The minimum absolute atomic E-state index is 0.0920. The SMILES string of the molecule is Cc1cc(C)cc(C(C(=O)NC(Cc2ccccc2)C(=O)OC(C)(C)C)N(CC#N)C(=O)C(CCC(N)=O)NC(=O)OC(C)(C)C)c1. The summed E-state index contributed by atoms with van der Waals surface area (Å²) in [6.07, 6.45) is -1.33. The Hall–Kier alpha value is -4.92. The monoisotopic (exact) mass is 649 g/mol. The lowest BCUT2D eigenvalue weighted by atomic mass is 9.97. The second-order valence-electron chi connectivity index (χ2n) is 13.4. The molecule has 4 N–H and O–H groups in total. The number of esters is 1. The van der Waals surface area contributed by atoms with Gasteiger partial charge in [0, 0.05) is 12.8 Å². The van der Waals surface area contributed by atoms with Gasteiger partial charge in [-0.1, -0.05) is 59.7 Å². The molecule has 0 aliphatic heterocycles. The first-order valence-corrected chi connectivity index (χ1v) is 15.4. The van der Waals surface area contributed by atoms with Crippen LogP contribution in [0.2, 0.25) is 0 Å². The molecule has 2 rings (SSSR count). The van der Waals surface area contributed by atoms with Crippen molar-refractivity contribution >= 4 is 29.8 Å². The van der Waals surface area contributed by atoms with E-state index in [0.717, 1.165) is 21.6 Å². The topological polar surface area (TPSA) is 181 Å². The van der Waals surface area contributed by atoms with Crippen LogP contribution < -0.4 is 16.4 Å². The maximum Gasteiger partial charge on any atom is 0.408 e. The number of aryl methyl sites for hydroxylation is 2. The van der Waals surface area contributed by atoms with Crippen LogP contribution in [-0.2, 0) is 35.1 Å². The van der Waals surface area contributed by atoms with Crippen LogP contribution in [0.4, 0.5) is 4.79 Å². The second-order valence-corrected chi connectivity index (χ2v) is 13.4. The highest BCUT2D eigenvalue weighted by Gasteiger charge is 2.38. The molecule has 0 saturated heterocycles. The van der Waals surface area contributed by atoms with E-state index >= 15 is 0 Å². The van der Waals surface area contributed by atoms with Crippen LogP contribution in [0, 0.1) is 25.2 Å². The van der Waals surface area contributed by atoms with Crippen LogP contribution >= 0.6 is 0 Å². The zero-order chi connectivity index (χ0) is 35.5. The fourth-order valence-corrected chi connectivity index (χ4v) is 4.87. The molecule has 0 bridgehead atoms. The Balaban J connectivity index is 2.64. The summed E-state index contributed by atoms with van der Waals surface area (Å²) in [5.74, 6) is -2.98. The third kappa shape index (κ3) is 13.1. The van der Waals surface area contributed by atoms with E-state index in [1.54, 1.807) is 65.8 Å². The number of hydrogen-bond acceptors (Lipinski definition) is 8. The molecule has 0 heterocycles. The Bertz CT molecular complexity index is 1450. The molecule has 254 valence electrons. The predicted molar refractivity (Wildman–Crippen MR) is 175 cm³/mol. The number of benzene rings is 2. The quantitative estimate of drug-likeness (QED) is 0.216. The number of nitrogens with zero attached hydrogens (tertiary/aromatic N) is 2. The molecule has 4 amide bonds. The molecule has 0 saturated carbocycles. The summed E-state index contributed by atoms with van der Waals surface area (Å²) in [6.45, 7) is 13.1. The van der Waals surface area contributed by atoms with E-state index in [2.05, 4.69) is 10.6 Å². The summed E-state index contributed by atoms with van der Waals surface area (Å²) >= 11 is 0. The Morgan fingerprint density at radius 3 is 1.96 bits per heavy atom. The molecule has 47 heavy (non-hydrogen) atoms. The molecule has 2 aromatic rings. The first-order valence-electron chi connectivity index (χ1n) is 15.4. The number of rotatable bonds is 13. The summed E-state index contributed by atoms with van der Waals surface area (Å²) in [7, 11) is 0. The molecular weight excluding hydrogens is 602 g/mol. The molecule has 0 aromatic heterocycles. The zero-order valence-electron chi connectivity index (χ0n) is 28.5. The highest BCUT2D eigenvalue weighted by molar-refractivity contribution is 5.94. The van der Waals surface area contributed by atoms with Crippen LogP contribution in [0.1, 0.15) is 82.7 Å². The van der Waals surface area contributed by atoms with Gasteiger partial charge in [0.15, 0.2) is 0 Å². The number of hydrogen-bond donors (Lipinski definition) is 3. The van der Waals surface area contributed by atoms with Gasteiger partial charge in [-0.3, -0.25) is 14.4 Å². The van der Waals surface area contributed by atoms with E-state index in [1.165, 1.54) is 0 Å². The molecule has 0 aliphatic carbocycles. The molecule has 12 nitrogen and oxygen atoms in total. The van der Waals surface area contributed by atoms with Crippen molar-refractivity contribution in [2.45, 2.75) is 104 Å². The van der Waals surface area contributed by atoms with E-state index in [4.69, 9.17) is 15.2 Å². The average molecular weight is 650 g/mol. The van der Waals surface area contributed by atoms with E-state index in [-0.39, 0.29) is 19.3 Å². The standard InChI is InChI=1S/C35H47N5O7/c1-22-18-23(2)20-25(19-22)29(30(42)38-27(32(44)46-34(3,4)5)21-24-12-10-9-11-13-24)40(17-16-36)31(43)26(14-15-28(37)41)39-33(45)47-35(6,7)8/h9-13,18-20,26-27,29H,14-15,17,21H2,1-8H3,(H2,37,41)(H,38,42)(H,39,45). The number of alkyl carbamates (subject to hydrolysis) is 1. The van der Waals surface area contributed by atoms with Crippen molar-refractivity contribution in [2.24, 2.45) is 5.73 Å². The minimum Gasteiger partial charge on any atom is -0.458 e. The molecule has 3 unspecified atom stereocenters. The third-order valence-corrected chi connectivity index (χ3v) is 6.60. The van der Waals surface area contributed by atoms with E-state index in [1.807, 2.05) is 44.2 Å². The van der Waals surface area contributed by atoms with Gasteiger partial charge in [0.05, 0.1) is 6.07 Å². The molecule has 0 radical (unpaired) electrons.